The average molecular weight is 424 g/mol. The lowest BCUT2D eigenvalue weighted by Gasteiger charge is -2.31. The maximum Gasteiger partial charge on any atom is 0.251 e. The number of hydrogen-bond acceptors (Lipinski definition) is 5. The number of nitrogens with one attached hydrogen (secondary N) is 1. The molecule has 1 amide bonds. The Morgan fingerprint density at radius 2 is 2.07 bits per heavy atom. The number of aromatic nitrogens is 2. The van der Waals surface area contributed by atoms with E-state index in [1.54, 1.807) is 24.5 Å². The van der Waals surface area contributed by atoms with Crippen LogP contribution in [0, 0.1) is 0 Å². The number of piperidine rings is 1. The number of carbonyl (C=O) groups is 1. The van der Waals surface area contributed by atoms with Crippen LogP contribution in [0.1, 0.15) is 36.6 Å². The van der Waals surface area contributed by atoms with Crippen LogP contribution >= 0.6 is 11.3 Å². The van der Waals surface area contributed by atoms with Gasteiger partial charge in [-0.3, -0.25) is 9.59 Å². The molecule has 1 fully saturated rings. The largest absolute Gasteiger partial charge is 0.496 e. The highest BCUT2D eigenvalue weighted by Gasteiger charge is 2.25. The standard InChI is InChI=1S/C23H25N3O3S/c1-29-20-5-3-2-4-16(20)6-7-22(28)26-11-8-17(9-12-26)23-24-19(14-21(27)25-23)18-10-13-30-15-18/h2-5,10,13-15,17H,6-9,11-12H2,1H3,(H,24,25,27). The molecule has 1 saturated heterocycles. The van der Waals surface area contributed by atoms with E-state index in [1.807, 2.05) is 46.0 Å². The zero-order valence-electron chi connectivity index (χ0n) is 17.0. The number of benzene rings is 1. The van der Waals surface area contributed by atoms with Gasteiger partial charge in [0, 0.05) is 42.4 Å². The second-order valence-corrected chi connectivity index (χ2v) is 8.27. The summed E-state index contributed by atoms with van der Waals surface area (Å²) in [6.07, 6.45) is 2.74. The van der Waals surface area contributed by atoms with Crippen molar-refractivity contribution in [3.05, 3.63) is 68.9 Å². The molecular weight excluding hydrogens is 398 g/mol. The van der Waals surface area contributed by atoms with Crippen molar-refractivity contribution in [2.24, 2.45) is 0 Å². The molecule has 0 bridgehead atoms. The quantitative estimate of drug-likeness (QED) is 0.654. The minimum atomic E-state index is -0.128. The molecule has 1 aliphatic rings. The summed E-state index contributed by atoms with van der Waals surface area (Å²) in [7, 11) is 1.65. The van der Waals surface area contributed by atoms with Gasteiger partial charge in [0.15, 0.2) is 0 Å². The molecule has 156 valence electrons. The summed E-state index contributed by atoms with van der Waals surface area (Å²) in [5, 5.41) is 3.97. The van der Waals surface area contributed by atoms with Gasteiger partial charge >= 0.3 is 0 Å². The normalized spacial score (nSPS) is 14.6. The van der Waals surface area contributed by atoms with Crippen molar-refractivity contribution in [3.8, 4) is 17.0 Å². The third-order valence-electron chi connectivity index (χ3n) is 5.61. The lowest BCUT2D eigenvalue weighted by molar-refractivity contribution is -0.132. The number of thiophene rings is 1. The van der Waals surface area contributed by atoms with Gasteiger partial charge in [0.2, 0.25) is 5.91 Å². The summed E-state index contributed by atoms with van der Waals surface area (Å²) in [5.74, 6) is 1.87. The molecule has 7 heteroatoms. The van der Waals surface area contributed by atoms with Gasteiger partial charge in [-0.15, -0.1) is 0 Å². The molecule has 0 radical (unpaired) electrons. The SMILES string of the molecule is COc1ccccc1CCC(=O)N1CCC(c2nc(-c3ccsc3)cc(=O)[nH]2)CC1. The number of methoxy groups -OCH3 is 1. The zero-order chi connectivity index (χ0) is 20.9. The van der Waals surface area contributed by atoms with Crippen molar-refractivity contribution in [1.82, 2.24) is 14.9 Å². The van der Waals surface area contributed by atoms with Crippen molar-refractivity contribution in [1.29, 1.82) is 0 Å². The van der Waals surface area contributed by atoms with Crippen molar-refractivity contribution in [3.63, 3.8) is 0 Å². The number of carbonyl (C=O) groups excluding carboxylic acids is 1. The second kappa shape index (κ2) is 9.26. The number of aryl methyl sites for hydroxylation is 1. The molecule has 0 unspecified atom stereocenters. The maximum absolute atomic E-state index is 12.7. The fraction of sp³-hybridized carbons (Fsp3) is 0.348. The summed E-state index contributed by atoms with van der Waals surface area (Å²) in [5.41, 5.74) is 2.60. The molecule has 1 aromatic carbocycles. The van der Waals surface area contributed by atoms with Gasteiger partial charge in [-0.05, 0) is 42.3 Å². The van der Waals surface area contributed by atoms with Crippen LogP contribution in [0.4, 0.5) is 0 Å². The molecule has 4 rings (SSSR count). The third-order valence-corrected chi connectivity index (χ3v) is 6.30. The van der Waals surface area contributed by atoms with Crippen molar-refractivity contribution < 1.29 is 9.53 Å². The van der Waals surface area contributed by atoms with Gasteiger partial charge in [-0.2, -0.15) is 11.3 Å². The van der Waals surface area contributed by atoms with Crippen LogP contribution in [0.5, 0.6) is 5.75 Å². The van der Waals surface area contributed by atoms with E-state index in [2.05, 4.69) is 4.98 Å². The van der Waals surface area contributed by atoms with Crippen LogP contribution in [0.25, 0.3) is 11.3 Å². The number of ether oxygens (including phenoxy) is 1. The Bertz CT molecular complexity index is 1050. The molecular formula is C23H25N3O3S. The predicted molar refractivity (Wildman–Crippen MR) is 118 cm³/mol. The van der Waals surface area contributed by atoms with E-state index in [1.165, 1.54) is 0 Å². The molecule has 3 heterocycles. The van der Waals surface area contributed by atoms with Crippen LogP contribution in [-0.2, 0) is 11.2 Å². The van der Waals surface area contributed by atoms with Crippen LogP contribution in [0.3, 0.4) is 0 Å². The lowest BCUT2D eigenvalue weighted by atomic mass is 9.95. The Labute approximate surface area is 179 Å². The van der Waals surface area contributed by atoms with Gasteiger partial charge in [0.05, 0.1) is 12.8 Å². The van der Waals surface area contributed by atoms with Gasteiger partial charge in [-0.1, -0.05) is 18.2 Å². The molecule has 2 aromatic heterocycles. The Morgan fingerprint density at radius 3 is 2.80 bits per heavy atom. The highest BCUT2D eigenvalue weighted by Crippen LogP contribution is 2.28. The van der Waals surface area contributed by atoms with Crippen molar-refractivity contribution in [2.75, 3.05) is 20.2 Å². The Kier molecular flexibility index (Phi) is 6.28. The molecule has 30 heavy (non-hydrogen) atoms. The van der Waals surface area contributed by atoms with Gasteiger partial charge in [-0.25, -0.2) is 4.98 Å². The molecule has 0 saturated carbocycles. The Balaban J connectivity index is 1.36. The highest BCUT2D eigenvalue weighted by molar-refractivity contribution is 7.08. The first kappa shape index (κ1) is 20.3. The van der Waals surface area contributed by atoms with E-state index in [9.17, 15) is 9.59 Å². The molecule has 3 aromatic rings. The summed E-state index contributed by atoms with van der Waals surface area (Å²) < 4.78 is 5.37. The number of H-pyrrole nitrogens is 1. The van der Waals surface area contributed by atoms with Crippen LogP contribution in [0.2, 0.25) is 0 Å². The average Bonchev–Trinajstić information content (AvgIpc) is 3.32. The fourth-order valence-corrected chi connectivity index (χ4v) is 4.59. The van der Waals surface area contributed by atoms with Crippen LogP contribution in [0.15, 0.2) is 52.0 Å². The summed E-state index contributed by atoms with van der Waals surface area (Å²) >= 11 is 1.59. The first-order valence-electron chi connectivity index (χ1n) is 10.2. The second-order valence-electron chi connectivity index (χ2n) is 7.49. The number of amides is 1. The van der Waals surface area contributed by atoms with E-state index in [0.29, 0.717) is 31.6 Å². The van der Waals surface area contributed by atoms with Gasteiger partial charge in [0.1, 0.15) is 11.6 Å². The highest BCUT2D eigenvalue weighted by atomic mass is 32.1. The monoisotopic (exact) mass is 423 g/mol. The topological polar surface area (TPSA) is 75.3 Å². The molecule has 0 atom stereocenters. The fourth-order valence-electron chi connectivity index (χ4n) is 3.94. The molecule has 1 N–H and O–H groups in total. The molecule has 0 spiro atoms. The van der Waals surface area contributed by atoms with E-state index in [0.717, 1.165) is 35.5 Å². The minimum Gasteiger partial charge on any atom is -0.496 e. The van der Waals surface area contributed by atoms with Crippen LogP contribution in [-0.4, -0.2) is 41.0 Å². The minimum absolute atomic E-state index is 0.128. The predicted octanol–water partition coefficient (Wildman–Crippen LogP) is 3.85. The maximum atomic E-state index is 12.7. The summed E-state index contributed by atoms with van der Waals surface area (Å²) in [4.78, 5) is 34.3. The summed E-state index contributed by atoms with van der Waals surface area (Å²) in [6.45, 7) is 1.36. The molecule has 1 aliphatic heterocycles. The third kappa shape index (κ3) is 4.62. The first-order valence-corrected chi connectivity index (χ1v) is 11.1. The van der Waals surface area contributed by atoms with Crippen LogP contribution < -0.4 is 10.3 Å². The number of hydrogen-bond donors (Lipinski definition) is 1. The number of likely N-dealkylation sites (tertiary alicyclic amines) is 1. The molecule has 0 aliphatic carbocycles. The number of nitrogens with zero attached hydrogens (tertiary/aromatic N) is 2. The Hall–Kier alpha value is -2.93. The first-order chi connectivity index (χ1) is 14.6. The number of aromatic amines is 1. The zero-order valence-corrected chi connectivity index (χ0v) is 17.8. The molecule has 6 nitrogen and oxygen atoms in total. The van der Waals surface area contributed by atoms with Crippen molar-refractivity contribution in [2.45, 2.75) is 31.6 Å². The lowest BCUT2D eigenvalue weighted by Crippen LogP contribution is -2.38. The van der Waals surface area contributed by atoms with Crippen molar-refractivity contribution >= 4 is 17.2 Å². The van der Waals surface area contributed by atoms with E-state index in [4.69, 9.17) is 9.72 Å². The van der Waals surface area contributed by atoms with Gasteiger partial charge < -0.3 is 14.6 Å². The summed E-state index contributed by atoms with van der Waals surface area (Å²) in [6, 6.07) is 11.3. The number of rotatable bonds is 6. The van der Waals surface area contributed by atoms with E-state index < -0.39 is 0 Å². The smallest absolute Gasteiger partial charge is 0.251 e. The Morgan fingerprint density at radius 1 is 1.27 bits per heavy atom. The van der Waals surface area contributed by atoms with E-state index >= 15 is 0 Å². The van der Waals surface area contributed by atoms with Gasteiger partial charge in [0.25, 0.3) is 5.56 Å². The number of para-hydroxylation sites is 1. The van der Waals surface area contributed by atoms with E-state index in [-0.39, 0.29) is 17.4 Å².